The fourth-order valence-electron chi connectivity index (χ4n) is 5.74. The van der Waals surface area contributed by atoms with E-state index in [-0.39, 0.29) is 30.0 Å². The van der Waals surface area contributed by atoms with Gasteiger partial charge >= 0.3 is 5.97 Å². The highest BCUT2D eigenvalue weighted by Gasteiger charge is 2.43. The van der Waals surface area contributed by atoms with Crippen LogP contribution in [0, 0.1) is 11.8 Å². The van der Waals surface area contributed by atoms with Gasteiger partial charge in [-0.3, -0.25) is 4.79 Å². The van der Waals surface area contributed by atoms with Gasteiger partial charge in [0.1, 0.15) is 11.8 Å². The molecular formula is C28H36N2O5. The number of aliphatic hydroxyl groups is 1. The van der Waals surface area contributed by atoms with E-state index in [1.165, 1.54) is 4.90 Å². The second-order valence-electron chi connectivity index (χ2n) is 10.5. The van der Waals surface area contributed by atoms with Crippen molar-refractivity contribution in [3.05, 3.63) is 65.7 Å². The van der Waals surface area contributed by atoms with Crippen LogP contribution in [0.5, 0.6) is 5.75 Å². The van der Waals surface area contributed by atoms with Crippen molar-refractivity contribution in [1.29, 1.82) is 0 Å². The SMILES string of the molecule is C[C@H]1CN(C[C@H](Cc2ccccc2)C(=O)N2C[C@H](O)C[C@@H]2C(=O)O)CC[C@@]1(C)c1cccc(O)c1. The lowest BCUT2D eigenvalue weighted by molar-refractivity contribution is -0.150. The number of likely N-dealkylation sites (tertiary alicyclic amines) is 2. The fourth-order valence-corrected chi connectivity index (χ4v) is 5.74. The van der Waals surface area contributed by atoms with E-state index < -0.39 is 24.0 Å². The zero-order valence-electron chi connectivity index (χ0n) is 20.5. The van der Waals surface area contributed by atoms with E-state index in [0.29, 0.717) is 18.9 Å². The highest BCUT2D eigenvalue weighted by molar-refractivity contribution is 5.86. The van der Waals surface area contributed by atoms with Crippen LogP contribution in [0.2, 0.25) is 0 Å². The highest BCUT2D eigenvalue weighted by atomic mass is 16.4. The number of carboxylic acids is 1. The molecule has 0 saturated carbocycles. The molecule has 35 heavy (non-hydrogen) atoms. The highest BCUT2D eigenvalue weighted by Crippen LogP contribution is 2.40. The lowest BCUT2D eigenvalue weighted by atomic mass is 9.68. The van der Waals surface area contributed by atoms with E-state index in [9.17, 15) is 24.9 Å². The first-order valence-electron chi connectivity index (χ1n) is 12.4. The number of phenolic OH excluding ortho intramolecular Hbond substituents is 1. The van der Waals surface area contributed by atoms with Crippen molar-refractivity contribution >= 4 is 11.9 Å². The molecule has 2 aliphatic heterocycles. The fraction of sp³-hybridized carbons (Fsp3) is 0.500. The number of hydrogen-bond donors (Lipinski definition) is 3. The van der Waals surface area contributed by atoms with E-state index in [2.05, 4.69) is 24.8 Å². The van der Waals surface area contributed by atoms with Crippen molar-refractivity contribution in [2.75, 3.05) is 26.2 Å². The van der Waals surface area contributed by atoms with Gasteiger partial charge in [0.05, 0.1) is 12.0 Å². The molecule has 0 spiro atoms. The maximum Gasteiger partial charge on any atom is 0.326 e. The van der Waals surface area contributed by atoms with Gasteiger partial charge in [-0.1, -0.05) is 56.3 Å². The number of hydrogen-bond acceptors (Lipinski definition) is 5. The van der Waals surface area contributed by atoms with Gasteiger partial charge in [-0.05, 0) is 54.0 Å². The molecule has 3 N–H and O–H groups in total. The zero-order chi connectivity index (χ0) is 25.2. The van der Waals surface area contributed by atoms with Gasteiger partial charge in [-0.25, -0.2) is 4.79 Å². The minimum Gasteiger partial charge on any atom is -0.508 e. The third-order valence-corrected chi connectivity index (χ3v) is 8.07. The summed E-state index contributed by atoms with van der Waals surface area (Å²) in [5.74, 6) is -1.10. The van der Waals surface area contributed by atoms with Gasteiger partial charge in [0, 0.05) is 26.1 Å². The summed E-state index contributed by atoms with van der Waals surface area (Å²) in [4.78, 5) is 29.1. The Balaban J connectivity index is 1.51. The summed E-state index contributed by atoms with van der Waals surface area (Å²) < 4.78 is 0. The number of β-amino-alcohol motifs (C(OH)–C–C–N with tert-alkyl or cyclic N) is 1. The van der Waals surface area contributed by atoms with E-state index in [1.807, 2.05) is 42.5 Å². The summed E-state index contributed by atoms with van der Waals surface area (Å²) in [6.45, 7) is 6.65. The number of aliphatic carboxylic acids is 1. The van der Waals surface area contributed by atoms with Gasteiger partial charge in [0.15, 0.2) is 0 Å². The largest absolute Gasteiger partial charge is 0.508 e. The molecule has 0 aliphatic carbocycles. The standard InChI is InChI=1S/C28H36N2O5/c1-19-16-29(12-11-28(19,2)22-9-6-10-23(31)14-22)17-21(13-20-7-4-3-5-8-20)26(33)30-18-24(32)15-25(30)27(34)35/h3-10,14,19,21,24-25,31-32H,11-13,15-18H2,1-2H3,(H,34,35)/t19-,21-,24+,25+,28+/m0/s1. The Kier molecular flexibility index (Phi) is 7.47. The molecule has 2 aliphatic rings. The normalized spacial score (nSPS) is 28.1. The molecule has 2 fully saturated rings. The monoisotopic (exact) mass is 480 g/mol. The molecule has 0 aromatic heterocycles. The van der Waals surface area contributed by atoms with E-state index in [0.717, 1.165) is 30.6 Å². The van der Waals surface area contributed by atoms with Crippen LogP contribution in [0.15, 0.2) is 54.6 Å². The minimum absolute atomic E-state index is 0.0626. The van der Waals surface area contributed by atoms with Crippen LogP contribution in [-0.4, -0.2) is 75.3 Å². The van der Waals surface area contributed by atoms with Crippen molar-refractivity contribution in [1.82, 2.24) is 9.80 Å². The molecular weight excluding hydrogens is 444 g/mol. The van der Waals surface area contributed by atoms with Crippen LogP contribution in [0.1, 0.15) is 37.8 Å². The average molecular weight is 481 g/mol. The summed E-state index contributed by atoms with van der Waals surface area (Å²) in [5, 5.41) is 29.7. The third kappa shape index (κ3) is 5.52. The first-order chi connectivity index (χ1) is 16.7. The first-order valence-corrected chi connectivity index (χ1v) is 12.4. The van der Waals surface area contributed by atoms with Gasteiger partial charge in [0.25, 0.3) is 0 Å². The van der Waals surface area contributed by atoms with Gasteiger partial charge in [-0.2, -0.15) is 0 Å². The number of aliphatic hydroxyl groups excluding tert-OH is 1. The Morgan fingerprint density at radius 3 is 2.51 bits per heavy atom. The molecule has 0 radical (unpaired) electrons. The molecule has 2 aromatic rings. The van der Waals surface area contributed by atoms with Crippen LogP contribution in [-0.2, 0) is 21.4 Å². The van der Waals surface area contributed by atoms with Gasteiger partial charge in [0.2, 0.25) is 5.91 Å². The van der Waals surface area contributed by atoms with Crippen molar-refractivity contribution in [3.63, 3.8) is 0 Å². The topological polar surface area (TPSA) is 101 Å². The van der Waals surface area contributed by atoms with Crippen LogP contribution in [0.4, 0.5) is 0 Å². The Hall–Kier alpha value is -2.90. The van der Waals surface area contributed by atoms with Crippen molar-refractivity contribution in [3.8, 4) is 5.75 Å². The van der Waals surface area contributed by atoms with Crippen molar-refractivity contribution in [2.24, 2.45) is 11.8 Å². The predicted molar refractivity (Wildman–Crippen MR) is 133 cm³/mol. The van der Waals surface area contributed by atoms with Crippen LogP contribution in [0.25, 0.3) is 0 Å². The van der Waals surface area contributed by atoms with Gasteiger partial charge < -0.3 is 25.1 Å². The summed E-state index contributed by atoms with van der Waals surface area (Å²) in [7, 11) is 0. The smallest absolute Gasteiger partial charge is 0.326 e. The predicted octanol–water partition coefficient (Wildman–Crippen LogP) is 2.90. The van der Waals surface area contributed by atoms with Crippen LogP contribution >= 0.6 is 0 Å². The molecule has 2 heterocycles. The number of rotatable bonds is 7. The number of aromatic hydroxyl groups is 1. The molecule has 1 amide bonds. The first kappa shape index (κ1) is 25.2. The van der Waals surface area contributed by atoms with Crippen molar-refractivity contribution < 1.29 is 24.9 Å². The lowest BCUT2D eigenvalue weighted by Crippen LogP contribution is -2.51. The average Bonchev–Trinajstić information content (AvgIpc) is 3.23. The van der Waals surface area contributed by atoms with E-state index in [4.69, 9.17) is 0 Å². The molecule has 4 rings (SSSR count). The summed E-state index contributed by atoms with van der Waals surface area (Å²) in [6, 6.07) is 16.3. The molecule has 2 aromatic carbocycles. The summed E-state index contributed by atoms with van der Waals surface area (Å²) >= 11 is 0. The zero-order valence-corrected chi connectivity index (χ0v) is 20.5. The number of carboxylic acid groups (broad SMARTS) is 1. The Labute approximate surface area is 207 Å². The number of benzene rings is 2. The maximum absolute atomic E-state index is 13.6. The number of carbonyl (C=O) groups is 2. The second kappa shape index (κ2) is 10.4. The maximum atomic E-state index is 13.6. The number of phenols is 1. The minimum atomic E-state index is -1.07. The molecule has 5 atom stereocenters. The van der Waals surface area contributed by atoms with E-state index >= 15 is 0 Å². The quantitative estimate of drug-likeness (QED) is 0.563. The number of piperidine rings is 1. The molecule has 0 bridgehead atoms. The lowest BCUT2D eigenvalue weighted by Gasteiger charge is -2.46. The Morgan fingerprint density at radius 2 is 1.86 bits per heavy atom. The van der Waals surface area contributed by atoms with Gasteiger partial charge in [-0.15, -0.1) is 0 Å². The summed E-state index contributed by atoms with van der Waals surface area (Å²) in [6.07, 6.45) is 0.676. The molecule has 7 nitrogen and oxygen atoms in total. The van der Waals surface area contributed by atoms with Crippen LogP contribution in [0.3, 0.4) is 0 Å². The van der Waals surface area contributed by atoms with Crippen molar-refractivity contribution in [2.45, 2.75) is 50.7 Å². The molecule has 7 heteroatoms. The third-order valence-electron chi connectivity index (χ3n) is 8.07. The number of amides is 1. The Bertz CT molecular complexity index is 1040. The van der Waals surface area contributed by atoms with Crippen LogP contribution < -0.4 is 0 Å². The Morgan fingerprint density at radius 1 is 1.11 bits per heavy atom. The molecule has 2 saturated heterocycles. The van der Waals surface area contributed by atoms with E-state index in [1.54, 1.807) is 6.07 Å². The molecule has 0 unspecified atom stereocenters. The molecule has 188 valence electrons. The number of nitrogens with zero attached hydrogens (tertiary/aromatic N) is 2. The summed E-state index contributed by atoms with van der Waals surface area (Å²) in [5.41, 5.74) is 2.07. The second-order valence-corrected chi connectivity index (χ2v) is 10.5. The number of carbonyl (C=O) groups excluding carboxylic acids is 1.